The maximum atomic E-state index is 11.8. The monoisotopic (exact) mass is 774 g/mol. The van der Waals surface area contributed by atoms with Crippen molar-refractivity contribution in [2.45, 2.75) is 109 Å². The number of hydrogen-bond acceptors (Lipinski definition) is 9. The van der Waals surface area contributed by atoms with Crippen LogP contribution >= 0.6 is 11.6 Å². The van der Waals surface area contributed by atoms with Crippen LogP contribution in [0.1, 0.15) is 97.3 Å². The summed E-state index contributed by atoms with van der Waals surface area (Å²) in [6.45, 7) is 5.34. The molecule has 4 aliphatic rings. The number of piperidine rings is 1. The summed E-state index contributed by atoms with van der Waals surface area (Å²) in [5.41, 5.74) is 8.10. The number of halogens is 1. The van der Waals surface area contributed by atoms with E-state index in [0.717, 1.165) is 79.6 Å². The largest absolute Gasteiger partial charge is 0.493 e. The van der Waals surface area contributed by atoms with Crippen molar-refractivity contribution in [1.82, 2.24) is 15.2 Å². The number of carbonyl (C=O) groups excluding carboxylic acids is 1. The van der Waals surface area contributed by atoms with E-state index in [-0.39, 0.29) is 18.8 Å². The number of fused-ring (bicyclic) bond motifs is 3. The number of hydrogen-bond donors (Lipinski definition) is 2. The Balaban J connectivity index is 0.959. The average molecular weight is 775 g/mol. The normalized spacial score (nSPS) is 22.9. The molecule has 1 aromatic heterocycles. The molecule has 1 saturated carbocycles. The molecular formula is C46H51ClN4O5. The second-order valence-electron chi connectivity index (χ2n) is 16.0. The lowest BCUT2D eigenvalue weighted by Crippen LogP contribution is -2.45. The highest BCUT2D eigenvalue weighted by atomic mass is 35.5. The Hall–Kier alpha value is -4.46. The fraction of sp³-hybridized carbons (Fsp3) is 0.457. The van der Waals surface area contributed by atoms with E-state index in [0.29, 0.717) is 71.9 Å². The van der Waals surface area contributed by atoms with Crippen molar-refractivity contribution in [1.29, 1.82) is 5.26 Å². The van der Waals surface area contributed by atoms with Crippen LogP contribution in [0, 0.1) is 24.2 Å². The Morgan fingerprint density at radius 3 is 2.59 bits per heavy atom. The van der Waals surface area contributed by atoms with Crippen LogP contribution in [0.25, 0.3) is 11.1 Å². The lowest BCUT2D eigenvalue weighted by atomic mass is 9.93. The summed E-state index contributed by atoms with van der Waals surface area (Å²) >= 11 is 6.95. The lowest BCUT2D eigenvalue weighted by molar-refractivity contribution is -0.117. The van der Waals surface area contributed by atoms with Crippen LogP contribution in [0.15, 0.2) is 67.0 Å². The number of carbonyl (C=O) groups is 1. The highest BCUT2D eigenvalue weighted by Gasteiger charge is 2.39. The summed E-state index contributed by atoms with van der Waals surface area (Å²) in [5, 5.41) is 23.6. The van der Waals surface area contributed by atoms with Gasteiger partial charge in [-0.2, -0.15) is 5.26 Å². The van der Waals surface area contributed by atoms with E-state index in [1.807, 2.05) is 12.1 Å². The van der Waals surface area contributed by atoms with Gasteiger partial charge in [0.05, 0.1) is 23.3 Å². The van der Waals surface area contributed by atoms with Gasteiger partial charge in [0, 0.05) is 67.6 Å². The number of aromatic nitrogens is 1. The van der Waals surface area contributed by atoms with Gasteiger partial charge in [0.2, 0.25) is 0 Å². The summed E-state index contributed by atoms with van der Waals surface area (Å²) < 4.78 is 19.5. The predicted octanol–water partition coefficient (Wildman–Crippen LogP) is 8.44. The highest BCUT2D eigenvalue weighted by molar-refractivity contribution is 6.32. The second kappa shape index (κ2) is 17.4. The van der Waals surface area contributed by atoms with E-state index in [1.165, 1.54) is 35.7 Å². The Bertz CT molecular complexity index is 2090. The summed E-state index contributed by atoms with van der Waals surface area (Å²) in [5.74, 6) is 2.80. The fourth-order valence-electron chi connectivity index (χ4n) is 9.45. The van der Waals surface area contributed by atoms with Gasteiger partial charge in [-0.25, -0.2) is 0 Å². The highest BCUT2D eigenvalue weighted by Crippen LogP contribution is 2.44. The number of nitrogens with zero attached hydrogens (tertiary/aromatic N) is 3. The van der Waals surface area contributed by atoms with E-state index in [4.69, 9.17) is 25.8 Å². The fourth-order valence-corrected chi connectivity index (χ4v) is 9.68. The molecule has 3 aromatic carbocycles. The number of ketones is 1. The molecule has 3 unspecified atom stereocenters. The molecule has 2 saturated heterocycles. The molecular weight excluding hydrogens is 724 g/mol. The number of rotatable bonds is 15. The molecule has 9 nitrogen and oxygen atoms in total. The smallest absolute Gasteiger partial charge is 0.142 e. The van der Waals surface area contributed by atoms with Crippen molar-refractivity contribution in [3.05, 3.63) is 105 Å². The Kier molecular flexibility index (Phi) is 11.9. The zero-order chi connectivity index (χ0) is 38.6. The van der Waals surface area contributed by atoms with Crippen molar-refractivity contribution in [2.75, 3.05) is 19.7 Å². The zero-order valence-corrected chi connectivity index (χ0v) is 32.9. The topological polar surface area (TPSA) is 117 Å². The molecule has 2 N–H and O–H groups in total. The van der Waals surface area contributed by atoms with Crippen molar-refractivity contribution >= 4 is 17.4 Å². The van der Waals surface area contributed by atoms with Crippen molar-refractivity contribution < 1.29 is 24.1 Å². The third kappa shape index (κ3) is 8.59. The summed E-state index contributed by atoms with van der Waals surface area (Å²) in [4.78, 5) is 18.6. The van der Waals surface area contributed by atoms with Gasteiger partial charge < -0.3 is 24.6 Å². The molecule has 0 amide bonds. The van der Waals surface area contributed by atoms with E-state index >= 15 is 0 Å². The third-order valence-corrected chi connectivity index (χ3v) is 12.6. The van der Waals surface area contributed by atoms with Crippen LogP contribution in [-0.4, -0.2) is 58.7 Å². The molecule has 0 radical (unpaired) electrons. The number of Topliss-reactive ketones (excluding diaryl/α,β-unsaturated/α-hetero) is 1. The SMILES string of the molecule is Cc1c(OCCCN2C3CCC2CC(O)C3)cccc1-c1cccc2c1CC[C@@H]2Oc1cc(OCc2cncc(C#N)c2)c(CNCC2CCC(=O)C2)cc1Cl. The maximum absolute atomic E-state index is 11.8. The molecule has 4 aromatic rings. The minimum atomic E-state index is -0.179. The van der Waals surface area contributed by atoms with Gasteiger partial charge in [-0.1, -0.05) is 41.9 Å². The zero-order valence-electron chi connectivity index (χ0n) is 32.1. The Morgan fingerprint density at radius 2 is 1.79 bits per heavy atom. The number of pyridine rings is 1. The van der Waals surface area contributed by atoms with Crippen LogP contribution in [-0.2, 0) is 24.4 Å². The number of nitriles is 1. The summed E-state index contributed by atoms with van der Waals surface area (Å²) in [6, 6.07) is 21.6. The predicted molar refractivity (Wildman–Crippen MR) is 216 cm³/mol. The van der Waals surface area contributed by atoms with Crippen LogP contribution in [0.5, 0.6) is 17.2 Å². The molecule has 3 fully saturated rings. The number of aliphatic hydroxyl groups is 1. The molecule has 10 heteroatoms. The molecule has 2 bridgehead atoms. The minimum Gasteiger partial charge on any atom is -0.493 e. The molecule has 0 spiro atoms. The molecule has 4 atom stereocenters. The first-order valence-electron chi connectivity index (χ1n) is 20.3. The van der Waals surface area contributed by atoms with Crippen LogP contribution in [0.2, 0.25) is 5.02 Å². The van der Waals surface area contributed by atoms with Crippen LogP contribution < -0.4 is 19.5 Å². The number of nitrogens with one attached hydrogen (secondary N) is 1. The molecule has 3 heterocycles. The molecule has 2 aliphatic carbocycles. The van der Waals surface area contributed by atoms with Gasteiger partial charge in [-0.05, 0) is 117 Å². The molecule has 2 aliphatic heterocycles. The van der Waals surface area contributed by atoms with E-state index in [2.05, 4.69) is 64.6 Å². The van der Waals surface area contributed by atoms with Crippen LogP contribution in [0.3, 0.4) is 0 Å². The third-order valence-electron chi connectivity index (χ3n) is 12.3. The molecule has 292 valence electrons. The van der Waals surface area contributed by atoms with Gasteiger partial charge in [0.1, 0.15) is 41.8 Å². The van der Waals surface area contributed by atoms with Crippen molar-refractivity contribution in [2.24, 2.45) is 5.92 Å². The van der Waals surface area contributed by atoms with Crippen LogP contribution in [0.4, 0.5) is 0 Å². The van der Waals surface area contributed by atoms with Crippen molar-refractivity contribution in [3.63, 3.8) is 0 Å². The maximum Gasteiger partial charge on any atom is 0.142 e. The first-order chi connectivity index (χ1) is 27.3. The summed E-state index contributed by atoms with van der Waals surface area (Å²) in [7, 11) is 0. The number of benzene rings is 3. The van der Waals surface area contributed by atoms with E-state index < -0.39 is 0 Å². The van der Waals surface area contributed by atoms with Gasteiger partial charge >= 0.3 is 0 Å². The molecule has 56 heavy (non-hydrogen) atoms. The van der Waals surface area contributed by atoms with E-state index in [1.54, 1.807) is 12.3 Å². The van der Waals surface area contributed by atoms with Gasteiger partial charge in [-0.3, -0.25) is 14.7 Å². The van der Waals surface area contributed by atoms with Gasteiger partial charge in [-0.15, -0.1) is 0 Å². The Labute approximate surface area is 334 Å². The van der Waals surface area contributed by atoms with Gasteiger partial charge in [0.25, 0.3) is 0 Å². The quantitative estimate of drug-likeness (QED) is 0.115. The second-order valence-corrected chi connectivity index (χ2v) is 16.5. The minimum absolute atomic E-state index is 0.137. The number of ether oxygens (including phenoxy) is 3. The lowest BCUT2D eigenvalue weighted by Gasteiger charge is -2.37. The van der Waals surface area contributed by atoms with E-state index in [9.17, 15) is 15.2 Å². The Morgan fingerprint density at radius 1 is 0.964 bits per heavy atom. The first kappa shape index (κ1) is 38.4. The van der Waals surface area contributed by atoms with Crippen molar-refractivity contribution in [3.8, 4) is 34.4 Å². The van der Waals surface area contributed by atoms with Gasteiger partial charge in [0.15, 0.2) is 0 Å². The molecule has 8 rings (SSSR count). The average Bonchev–Trinajstić information content (AvgIpc) is 3.88. The summed E-state index contributed by atoms with van der Waals surface area (Å²) in [6.07, 6.45) is 12.0. The number of aliphatic hydroxyl groups excluding tert-OH is 1. The standard InChI is InChI=1S/C46H51ClN4O5/c1-29-38(5-3-8-43(29)54-16-4-15-51-34-10-11-35(51)21-37(53)20-34)39-6-2-7-41-40(39)13-14-44(41)56-46-22-45(55-28-32-17-31(23-48)25-49-26-32)33(19-42(46)47)27-50-24-30-9-12-36(52)18-30/h2-3,5-8,17,19,22,25-26,30,34-35,37,44,50,53H,4,9-16,18,20-21,24,27-28H2,1H3/t30?,34?,35?,37?,44-/m0/s1. The first-order valence-corrected chi connectivity index (χ1v) is 20.7.